The molecule has 0 radical (unpaired) electrons. The van der Waals surface area contributed by atoms with Gasteiger partial charge in [-0.1, -0.05) is 0 Å². The standard InChI is InChI=1S/2C12H19Si.2ClH.Ti/c2*1-3-11-6-7-12(10-11)13(4-2)8-5-9-13;;;/h2*6-7,10H,3-5,8-9H2,1-2H3;2*1H;/q;;;;+2/p-2. The van der Waals surface area contributed by atoms with Crippen LogP contribution in [0.5, 0.6) is 0 Å². The Kier molecular flexibility index (Phi) is 8.65. The Morgan fingerprint density at radius 2 is 1.10 bits per heavy atom. The van der Waals surface area contributed by atoms with Gasteiger partial charge >= 0.3 is 179 Å². The van der Waals surface area contributed by atoms with Crippen LogP contribution in [-0.2, 0) is 19.2 Å². The van der Waals surface area contributed by atoms with Crippen LogP contribution in [0.2, 0.25) is 43.7 Å². The molecule has 0 aromatic rings. The van der Waals surface area contributed by atoms with Gasteiger partial charge in [0.25, 0.3) is 0 Å². The van der Waals surface area contributed by atoms with Crippen LogP contribution >= 0.6 is 0 Å². The summed E-state index contributed by atoms with van der Waals surface area (Å²) in [5, 5.41) is 3.69. The third kappa shape index (κ3) is 4.33. The largest absolute Gasteiger partial charge is 1.00 e. The van der Waals surface area contributed by atoms with Crippen LogP contribution in [0.1, 0.15) is 53.4 Å². The van der Waals surface area contributed by atoms with Gasteiger partial charge in [0.15, 0.2) is 0 Å². The quantitative estimate of drug-likeness (QED) is 0.447. The average molecular weight is 502 g/mol. The van der Waals surface area contributed by atoms with E-state index in [1.54, 1.807) is 24.2 Å². The molecule has 0 N–H and O–H groups in total. The van der Waals surface area contributed by atoms with E-state index in [4.69, 9.17) is 0 Å². The summed E-state index contributed by atoms with van der Waals surface area (Å²) >= 11 is -0.134. The van der Waals surface area contributed by atoms with E-state index in [9.17, 15) is 0 Å². The zero-order chi connectivity index (χ0) is 19.2. The molecule has 2 heterocycles. The molecule has 2 unspecified atom stereocenters. The molecule has 5 heteroatoms. The minimum atomic E-state index is -1.06. The predicted molar refractivity (Wildman–Crippen MR) is 121 cm³/mol. The van der Waals surface area contributed by atoms with Gasteiger partial charge in [0.1, 0.15) is 0 Å². The summed E-state index contributed by atoms with van der Waals surface area (Å²) in [4.78, 5) is 0. The summed E-state index contributed by atoms with van der Waals surface area (Å²) in [5.74, 6) is 0. The molecular formula is C24H38Cl2Si2Ti. The maximum Gasteiger partial charge on any atom is -1.00 e. The normalized spacial score (nSPS) is 32.8. The van der Waals surface area contributed by atoms with Crippen molar-refractivity contribution < 1.29 is 44.0 Å². The summed E-state index contributed by atoms with van der Waals surface area (Å²) in [5.41, 5.74) is 0. The molecule has 0 aromatic carbocycles. The van der Waals surface area contributed by atoms with Gasteiger partial charge in [0.2, 0.25) is 0 Å². The zero-order valence-corrected chi connectivity index (χ0v) is 23.9. The minimum absolute atomic E-state index is 0. The van der Waals surface area contributed by atoms with Crippen LogP contribution in [0.15, 0.2) is 46.8 Å². The molecular weight excluding hydrogens is 463 g/mol. The zero-order valence-electron chi connectivity index (χ0n) is 18.8. The van der Waals surface area contributed by atoms with Crippen molar-refractivity contribution in [1.82, 2.24) is 0 Å². The maximum absolute atomic E-state index is 2.83. The molecule has 2 aliphatic heterocycles. The first-order chi connectivity index (χ1) is 13.0. The van der Waals surface area contributed by atoms with Crippen molar-refractivity contribution in [3.63, 3.8) is 0 Å². The van der Waals surface area contributed by atoms with E-state index in [1.165, 1.54) is 37.8 Å². The Bertz CT molecular complexity index is 647. The first-order valence-electron chi connectivity index (χ1n) is 11.6. The Balaban J connectivity index is 0.00000150. The molecule has 0 saturated carbocycles. The number of hydrogen-bond acceptors (Lipinski definition) is 0. The van der Waals surface area contributed by atoms with E-state index in [2.05, 4.69) is 64.2 Å². The summed E-state index contributed by atoms with van der Waals surface area (Å²) < 4.78 is 0.875. The third-order valence-electron chi connectivity index (χ3n) is 8.78. The van der Waals surface area contributed by atoms with Gasteiger partial charge in [-0.25, -0.2) is 0 Å². The van der Waals surface area contributed by atoms with Crippen LogP contribution in [0.25, 0.3) is 0 Å². The van der Waals surface area contributed by atoms with Gasteiger partial charge in [-0.2, -0.15) is 0 Å². The van der Waals surface area contributed by atoms with Gasteiger partial charge in [-0.3, -0.25) is 0 Å². The topological polar surface area (TPSA) is 0 Å². The number of allylic oxidation sites excluding steroid dienone is 8. The van der Waals surface area contributed by atoms with Crippen molar-refractivity contribution in [3.05, 3.63) is 46.8 Å². The van der Waals surface area contributed by atoms with Crippen molar-refractivity contribution in [2.75, 3.05) is 0 Å². The minimum Gasteiger partial charge on any atom is -1.00 e. The molecule has 0 nitrogen and oxygen atoms in total. The molecule has 4 rings (SSSR count). The molecule has 29 heavy (non-hydrogen) atoms. The Labute approximate surface area is 202 Å². The fourth-order valence-electron chi connectivity index (χ4n) is 5.99. The van der Waals surface area contributed by atoms with Gasteiger partial charge in [0, 0.05) is 0 Å². The molecule has 2 atom stereocenters. The van der Waals surface area contributed by atoms with Crippen molar-refractivity contribution in [1.29, 1.82) is 0 Å². The Morgan fingerprint density at radius 3 is 1.34 bits per heavy atom. The van der Waals surface area contributed by atoms with Gasteiger partial charge in [-0.15, -0.1) is 0 Å². The fraction of sp³-hybridized carbons (Fsp3) is 0.667. The first kappa shape index (κ1) is 25.9. The molecule has 0 spiro atoms. The fourth-order valence-corrected chi connectivity index (χ4v) is 17.4. The van der Waals surface area contributed by atoms with Crippen molar-refractivity contribution >= 4 is 16.1 Å². The molecule has 0 aromatic heterocycles. The maximum atomic E-state index is 2.83. The Morgan fingerprint density at radius 1 is 0.724 bits per heavy atom. The smallest absolute Gasteiger partial charge is 1.00 e. The van der Waals surface area contributed by atoms with Gasteiger partial charge < -0.3 is 24.8 Å². The van der Waals surface area contributed by atoms with E-state index < -0.39 is 16.1 Å². The monoisotopic (exact) mass is 500 g/mol. The molecule has 2 aliphatic carbocycles. The predicted octanol–water partition coefficient (Wildman–Crippen LogP) is 2.03. The summed E-state index contributed by atoms with van der Waals surface area (Å²) in [7, 11) is -2.11. The second kappa shape index (κ2) is 9.67. The third-order valence-corrected chi connectivity index (χ3v) is 23.3. The molecule has 0 amide bonds. The molecule has 160 valence electrons. The van der Waals surface area contributed by atoms with E-state index in [0.717, 1.165) is 0 Å². The van der Waals surface area contributed by atoms with Crippen molar-refractivity contribution in [3.8, 4) is 0 Å². The first-order valence-corrected chi connectivity index (χ1v) is 18.4. The van der Waals surface area contributed by atoms with Crippen molar-refractivity contribution in [2.24, 2.45) is 0 Å². The molecule has 2 fully saturated rings. The van der Waals surface area contributed by atoms with E-state index >= 15 is 0 Å². The summed E-state index contributed by atoms with van der Waals surface area (Å²) in [6.07, 6.45) is 21.9. The number of rotatable bonds is 8. The van der Waals surface area contributed by atoms with E-state index in [1.807, 2.05) is 10.4 Å². The van der Waals surface area contributed by atoms with Crippen LogP contribution in [0, 0.1) is 0 Å². The van der Waals surface area contributed by atoms with Crippen LogP contribution in [0.3, 0.4) is 0 Å². The molecule has 2 saturated heterocycles. The van der Waals surface area contributed by atoms with Gasteiger partial charge in [0.05, 0.1) is 0 Å². The second-order valence-electron chi connectivity index (χ2n) is 9.75. The summed E-state index contributed by atoms with van der Waals surface area (Å²) in [6, 6.07) is 9.19. The van der Waals surface area contributed by atoms with Crippen LogP contribution < -0.4 is 24.8 Å². The summed E-state index contributed by atoms with van der Waals surface area (Å²) in [6.45, 7) is 9.85. The second-order valence-corrected chi connectivity index (χ2v) is 22.7. The molecule has 4 aliphatic rings. The SMILES string of the molecule is CC[C]1([Ti+2][C]2(CC)C=CC([Si]3(CC)CCC3)=C2)C=CC([Si]2(CC)CCC2)=C1.[Cl-].[Cl-]. The average Bonchev–Trinajstić information content (AvgIpc) is 3.21. The van der Waals surface area contributed by atoms with Crippen LogP contribution in [-0.4, -0.2) is 16.1 Å². The van der Waals surface area contributed by atoms with Crippen LogP contribution in [0.4, 0.5) is 0 Å². The van der Waals surface area contributed by atoms with E-state index in [0.29, 0.717) is 7.44 Å². The number of halogens is 2. The van der Waals surface area contributed by atoms with Crippen molar-refractivity contribution in [2.45, 2.75) is 97.1 Å². The molecule has 0 bridgehead atoms. The van der Waals surface area contributed by atoms with Gasteiger partial charge in [-0.05, 0) is 0 Å². The number of hydrogen-bond donors (Lipinski definition) is 0. The Hall–Kier alpha value is 0.688. The van der Waals surface area contributed by atoms with E-state index in [-0.39, 0.29) is 44.0 Å².